The van der Waals surface area contributed by atoms with Crippen molar-refractivity contribution < 1.29 is 0 Å². The molecule has 0 saturated heterocycles. The van der Waals surface area contributed by atoms with Gasteiger partial charge in [0, 0.05) is 0 Å². The molecule has 0 unspecified atom stereocenters. The van der Waals surface area contributed by atoms with Crippen LogP contribution in [0, 0.1) is 6.92 Å². The summed E-state index contributed by atoms with van der Waals surface area (Å²) in [5.74, 6) is 0. The Balaban J connectivity index is 1.84. The third-order valence-electron chi connectivity index (χ3n) is 5.29. The molecule has 0 N–H and O–H groups in total. The van der Waals surface area contributed by atoms with Crippen LogP contribution < -0.4 is 10.9 Å². The van der Waals surface area contributed by atoms with E-state index in [4.69, 9.17) is 0 Å². The van der Waals surface area contributed by atoms with Crippen LogP contribution >= 0.6 is 0 Å². The van der Waals surface area contributed by atoms with Crippen LogP contribution in [0.25, 0.3) is 32.3 Å². The van der Waals surface area contributed by atoms with Crippen molar-refractivity contribution in [2.75, 3.05) is 0 Å². The normalized spacial score (nSPS) is 11.3. The second kappa shape index (κ2) is 6.03. The van der Waals surface area contributed by atoms with Crippen molar-refractivity contribution in [3.63, 3.8) is 0 Å². The largest absolute Gasteiger partial charge is 0.194 e. The van der Waals surface area contributed by atoms with Gasteiger partial charge in [0.25, 0.3) is 0 Å². The highest BCUT2D eigenvalue weighted by Gasteiger charge is 2.13. The van der Waals surface area contributed by atoms with E-state index < -0.39 is 0 Å². The monoisotopic (exact) mass is 329 g/mol. The SMILES string of the molecule is Cc1ccc2ccccc2c1[B]c1c2ccccc2cc2ccccc12. The molecule has 0 atom stereocenters. The Morgan fingerprint density at radius 1 is 0.500 bits per heavy atom. The molecule has 0 spiro atoms. The van der Waals surface area contributed by atoms with E-state index >= 15 is 0 Å². The Hall–Kier alpha value is -3.06. The average Bonchev–Trinajstić information content (AvgIpc) is 2.69. The Bertz CT molecular complexity index is 1210. The fraction of sp³-hybridized carbons (Fsp3) is 0.0400. The van der Waals surface area contributed by atoms with E-state index in [0.29, 0.717) is 0 Å². The number of hydrogen-bond donors (Lipinski definition) is 0. The van der Waals surface area contributed by atoms with Gasteiger partial charge in [-0.25, -0.2) is 0 Å². The zero-order valence-electron chi connectivity index (χ0n) is 14.7. The van der Waals surface area contributed by atoms with Crippen LogP contribution in [0.5, 0.6) is 0 Å². The molecule has 1 radical (unpaired) electrons. The van der Waals surface area contributed by atoms with E-state index in [-0.39, 0.29) is 0 Å². The minimum absolute atomic E-state index is 1.29. The maximum Gasteiger partial charge on any atom is 0.194 e. The zero-order chi connectivity index (χ0) is 17.5. The molecule has 26 heavy (non-hydrogen) atoms. The second-order valence-electron chi connectivity index (χ2n) is 6.89. The summed E-state index contributed by atoms with van der Waals surface area (Å²) in [6, 6.07) is 32.7. The lowest BCUT2D eigenvalue weighted by Gasteiger charge is -2.14. The molecule has 0 bridgehead atoms. The quantitative estimate of drug-likeness (QED) is 0.312. The van der Waals surface area contributed by atoms with E-state index in [1.54, 1.807) is 0 Å². The van der Waals surface area contributed by atoms with Gasteiger partial charge in [0.2, 0.25) is 0 Å². The van der Waals surface area contributed by atoms with E-state index in [0.717, 1.165) is 0 Å². The van der Waals surface area contributed by atoms with Crippen LogP contribution in [-0.4, -0.2) is 7.28 Å². The first-order chi connectivity index (χ1) is 12.8. The highest BCUT2D eigenvalue weighted by molar-refractivity contribution is 6.75. The molecule has 5 aromatic carbocycles. The lowest BCUT2D eigenvalue weighted by Crippen LogP contribution is -2.31. The standard InChI is InChI=1S/C25H18B/c1-17-14-15-18-8-2-5-11-21(18)24(17)26-25-22-12-6-3-9-19(22)16-20-10-4-7-13-23(20)25/h2-16H,1H3. The molecule has 1 heteroatoms. The summed E-state index contributed by atoms with van der Waals surface area (Å²) in [7, 11) is 2.38. The maximum absolute atomic E-state index is 2.38. The topological polar surface area (TPSA) is 0 Å². The fourth-order valence-electron chi connectivity index (χ4n) is 3.94. The van der Waals surface area contributed by atoms with Gasteiger partial charge >= 0.3 is 0 Å². The predicted molar refractivity (Wildman–Crippen MR) is 115 cm³/mol. The highest BCUT2D eigenvalue weighted by Crippen LogP contribution is 2.21. The molecule has 0 amide bonds. The maximum atomic E-state index is 2.38. The van der Waals surface area contributed by atoms with Crippen LogP contribution in [0.4, 0.5) is 0 Å². The van der Waals surface area contributed by atoms with Gasteiger partial charge in [0.15, 0.2) is 7.28 Å². The average molecular weight is 329 g/mol. The summed E-state index contributed by atoms with van der Waals surface area (Å²) >= 11 is 0. The van der Waals surface area contributed by atoms with Crippen molar-refractivity contribution in [2.45, 2.75) is 6.92 Å². The van der Waals surface area contributed by atoms with Crippen molar-refractivity contribution >= 4 is 50.5 Å². The molecular weight excluding hydrogens is 311 g/mol. The van der Waals surface area contributed by atoms with Crippen LogP contribution in [-0.2, 0) is 0 Å². The second-order valence-corrected chi connectivity index (χ2v) is 6.89. The predicted octanol–water partition coefficient (Wildman–Crippen LogP) is 5.11. The van der Waals surface area contributed by atoms with Gasteiger partial charge in [-0.2, -0.15) is 0 Å². The van der Waals surface area contributed by atoms with Gasteiger partial charge in [-0.1, -0.05) is 101 Å². The Labute approximate surface area is 154 Å². The molecule has 0 aromatic heterocycles. The van der Waals surface area contributed by atoms with Gasteiger partial charge in [-0.05, 0) is 45.3 Å². The van der Waals surface area contributed by atoms with Gasteiger partial charge in [0.1, 0.15) is 0 Å². The number of aryl methyl sites for hydroxylation is 1. The van der Waals surface area contributed by atoms with Crippen LogP contribution in [0.15, 0.2) is 91.0 Å². The number of fused-ring (bicyclic) bond motifs is 3. The van der Waals surface area contributed by atoms with Crippen molar-refractivity contribution in [1.82, 2.24) is 0 Å². The molecular formula is C25H18B. The van der Waals surface area contributed by atoms with Crippen molar-refractivity contribution in [2.24, 2.45) is 0 Å². The lowest BCUT2D eigenvalue weighted by molar-refractivity contribution is 1.54. The summed E-state index contributed by atoms with van der Waals surface area (Å²) in [6.45, 7) is 2.20. The number of benzene rings is 5. The van der Waals surface area contributed by atoms with Crippen molar-refractivity contribution in [3.8, 4) is 0 Å². The summed E-state index contributed by atoms with van der Waals surface area (Å²) < 4.78 is 0. The van der Waals surface area contributed by atoms with Crippen molar-refractivity contribution in [1.29, 1.82) is 0 Å². The van der Waals surface area contributed by atoms with E-state index in [1.165, 1.54) is 48.8 Å². The molecule has 0 aliphatic rings. The summed E-state index contributed by atoms with van der Waals surface area (Å²) in [5, 5.41) is 7.78. The molecule has 0 aliphatic heterocycles. The molecule has 0 aliphatic carbocycles. The van der Waals surface area contributed by atoms with Crippen molar-refractivity contribution in [3.05, 3.63) is 96.6 Å². The molecule has 0 saturated carbocycles. The minimum atomic E-state index is 1.29. The van der Waals surface area contributed by atoms with E-state index in [2.05, 4.69) is 105 Å². The number of hydrogen-bond acceptors (Lipinski definition) is 0. The fourth-order valence-corrected chi connectivity index (χ4v) is 3.94. The lowest BCUT2D eigenvalue weighted by atomic mass is 9.58. The first-order valence-corrected chi connectivity index (χ1v) is 9.05. The van der Waals surface area contributed by atoms with Gasteiger partial charge in [-0.3, -0.25) is 0 Å². The smallest absolute Gasteiger partial charge is 0.0708 e. The Kier molecular flexibility index (Phi) is 3.53. The van der Waals surface area contributed by atoms with E-state index in [1.807, 2.05) is 0 Å². The Morgan fingerprint density at radius 2 is 1.00 bits per heavy atom. The third kappa shape index (κ3) is 2.40. The molecule has 5 rings (SSSR count). The summed E-state index contributed by atoms with van der Waals surface area (Å²) in [5.41, 5.74) is 3.92. The Morgan fingerprint density at radius 3 is 1.62 bits per heavy atom. The van der Waals surface area contributed by atoms with Gasteiger partial charge in [-0.15, -0.1) is 0 Å². The zero-order valence-corrected chi connectivity index (χ0v) is 14.7. The molecule has 5 aromatic rings. The molecule has 121 valence electrons. The molecule has 0 fully saturated rings. The first kappa shape index (κ1) is 15.2. The number of rotatable bonds is 2. The molecule has 0 nitrogen and oxygen atoms in total. The third-order valence-corrected chi connectivity index (χ3v) is 5.29. The van der Waals surface area contributed by atoms with Gasteiger partial charge < -0.3 is 0 Å². The van der Waals surface area contributed by atoms with Crippen LogP contribution in [0.1, 0.15) is 5.56 Å². The van der Waals surface area contributed by atoms with Crippen LogP contribution in [0.3, 0.4) is 0 Å². The van der Waals surface area contributed by atoms with Gasteiger partial charge in [0.05, 0.1) is 0 Å². The first-order valence-electron chi connectivity index (χ1n) is 9.05. The van der Waals surface area contributed by atoms with Crippen LogP contribution in [0.2, 0.25) is 0 Å². The van der Waals surface area contributed by atoms with E-state index in [9.17, 15) is 0 Å². The summed E-state index contributed by atoms with van der Waals surface area (Å²) in [4.78, 5) is 0. The summed E-state index contributed by atoms with van der Waals surface area (Å²) in [6.07, 6.45) is 0. The minimum Gasteiger partial charge on any atom is -0.0708 e. The highest BCUT2D eigenvalue weighted by atomic mass is 14.1. The molecule has 0 heterocycles.